The van der Waals surface area contributed by atoms with Gasteiger partial charge in [-0.15, -0.1) is 0 Å². The molecule has 0 aromatic carbocycles. The standard InChI is InChI=1S/C15H19N3O3S/c1-11-9-12(2)18(17-11)6-7-21-14(19)3-5-16-15(20)13-4-8-22-10-13/h4,8-10H,3,5-7H2,1-2H3,(H,16,20). The number of thiophene rings is 1. The molecule has 0 saturated heterocycles. The Morgan fingerprint density at radius 1 is 1.41 bits per heavy atom. The number of hydrogen-bond donors (Lipinski definition) is 1. The summed E-state index contributed by atoms with van der Waals surface area (Å²) < 4.78 is 6.94. The molecule has 118 valence electrons. The van der Waals surface area contributed by atoms with Crippen LogP contribution in [-0.2, 0) is 16.1 Å². The van der Waals surface area contributed by atoms with E-state index in [1.807, 2.05) is 25.3 Å². The summed E-state index contributed by atoms with van der Waals surface area (Å²) in [5.41, 5.74) is 2.60. The molecule has 0 fully saturated rings. The van der Waals surface area contributed by atoms with Gasteiger partial charge in [0, 0.05) is 23.2 Å². The van der Waals surface area contributed by atoms with Crippen molar-refractivity contribution in [3.63, 3.8) is 0 Å². The Bertz CT molecular complexity index is 635. The molecule has 2 rings (SSSR count). The van der Waals surface area contributed by atoms with Gasteiger partial charge < -0.3 is 10.1 Å². The van der Waals surface area contributed by atoms with E-state index in [0.717, 1.165) is 11.4 Å². The largest absolute Gasteiger partial charge is 0.464 e. The number of esters is 1. The maximum atomic E-state index is 11.7. The summed E-state index contributed by atoms with van der Waals surface area (Å²) >= 11 is 1.46. The zero-order chi connectivity index (χ0) is 15.9. The monoisotopic (exact) mass is 321 g/mol. The first-order chi connectivity index (χ1) is 10.6. The van der Waals surface area contributed by atoms with Crippen LogP contribution in [0.5, 0.6) is 0 Å². The number of ether oxygens (including phenoxy) is 1. The van der Waals surface area contributed by atoms with E-state index >= 15 is 0 Å². The van der Waals surface area contributed by atoms with Crippen LogP contribution in [0.3, 0.4) is 0 Å². The van der Waals surface area contributed by atoms with Crippen LogP contribution in [-0.4, -0.2) is 34.8 Å². The van der Waals surface area contributed by atoms with Gasteiger partial charge in [-0.2, -0.15) is 16.4 Å². The van der Waals surface area contributed by atoms with Crippen molar-refractivity contribution in [2.24, 2.45) is 0 Å². The summed E-state index contributed by atoms with van der Waals surface area (Å²) in [5.74, 6) is -0.496. The van der Waals surface area contributed by atoms with Crippen molar-refractivity contribution in [2.45, 2.75) is 26.8 Å². The summed E-state index contributed by atoms with van der Waals surface area (Å²) in [6, 6.07) is 3.72. The van der Waals surface area contributed by atoms with Crippen molar-refractivity contribution in [1.82, 2.24) is 15.1 Å². The number of rotatable bonds is 7. The summed E-state index contributed by atoms with van der Waals surface area (Å²) in [6.45, 7) is 4.97. The number of amides is 1. The van der Waals surface area contributed by atoms with Gasteiger partial charge in [0.2, 0.25) is 0 Å². The molecule has 0 aliphatic rings. The maximum absolute atomic E-state index is 11.7. The third-order valence-electron chi connectivity index (χ3n) is 3.07. The van der Waals surface area contributed by atoms with Gasteiger partial charge in [0.25, 0.3) is 5.91 Å². The molecule has 0 atom stereocenters. The first kappa shape index (κ1) is 16.2. The van der Waals surface area contributed by atoms with Crippen LogP contribution in [0.15, 0.2) is 22.9 Å². The Balaban J connectivity index is 1.62. The number of nitrogens with zero attached hydrogens (tertiary/aromatic N) is 2. The van der Waals surface area contributed by atoms with E-state index in [2.05, 4.69) is 10.4 Å². The predicted molar refractivity (Wildman–Crippen MR) is 83.9 cm³/mol. The van der Waals surface area contributed by atoms with Gasteiger partial charge in [-0.1, -0.05) is 0 Å². The molecule has 0 bridgehead atoms. The van der Waals surface area contributed by atoms with Gasteiger partial charge in [-0.3, -0.25) is 14.3 Å². The van der Waals surface area contributed by atoms with E-state index in [0.29, 0.717) is 12.1 Å². The Kier molecular flexibility index (Phi) is 5.71. The van der Waals surface area contributed by atoms with E-state index in [4.69, 9.17) is 4.74 Å². The van der Waals surface area contributed by atoms with E-state index in [9.17, 15) is 9.59 Å². The minimum atomic E-state index is -0.327. The van der Waals surface area contributed by atoms with Crippen molar-refractivity contribution in [2.75, 3.05) is 13.2 Å². The maximum Gasteiger partial charge on any atom is 0.307 e. The third kappa shape index (κ3) is 4.70. The van der Waals surface area contributed by atoms with E-state index in [1.165, 1.54) is 11.3 Å². The second-order valence-electron chi connectivity index (χ2n) is 4.89. The van der Waals surface area contributed by atoms with Crippen molar-refractivity contribution in [1.29, 1.82) is 0 Å². The molecular weight excluding hydrogens is 302 g/mol. The summed E-state index contributed by atoms with van der Waals surface area (Å²) in [6.07, 6.45) is 0.160. The van der Waals surface area contributed by atoms with E-state index in [1.54, 1.807) is 16.1 Å². The lowest BCUT2D eigenvalue weighted by Crippen LogP contribution is -2.26. The highest BCUT2D eigenvalue weighted by molar-refractivity contribution is 7.08. The molecule has 0 spiro atoms. The highest BCUT2D eigenvalue weighted by Gasteiger charge is 2.08. The molecule has 22 heavy (non-hydrogen) atoms. The minimum absolute atomic E-state index is 0.160. The highest BCUT2D eigenvalue weighted by atomic mass is 32.1. The molecule has 0 saturated carbocycles. The second kappa shape index (κ2) is 7.74. The van der Waals surface area contributed by atoms with Crippen molar-refractivity contribution < 1.29 is 14.3 Å². The quantitative estimate of drug-likeness (QED) is 0.791. The molecule has 2 aromatic heterocycles. The molecule has 0 aliphatic heterocycles. The lowest BCUT2D eigenvalue weighted by molar-refractivity contribution is -0.143. The summed E-state index contributed by atoms with van der Waals surface area (Å²) in [5, 5.41) is 10.6. The lowest BCUT2D eigenvalue weighted by atomic mass is 10.3. The summed E-state index contributed by atoms with van der Waals surface area (Å²) in [7, 11) is 0. The van der Waals surface area contributed by atoms with Gasteiger partial charge >= 0.3 is 5.97 Å². The average molecular weight is 321 g/mol. The van der Waals surface area contributed by atoms with Crippen LogP contribution < -0.4 is 5.32 Å². The van der Waals surface area contributed by atoms with Crippen molar-refractivity contribution in [3.8, 4) is 0 Å². The van der Waals surface area contributed by atoms with Crippen molar-refractivity contribution >= 4 is 23.2 Å². The van der Waals surface area contributed by atoms with Crippen LogP contribution in [0.2, 0.25) is 0 Å². The number of aryl methyl sites for hydroxylation is 2. The van der Waals surface area contributed by atoms with Gasteiger partial charge in [0.05, 0.1) is 18.7 Å². The Morgan fingerprint density at radius 3 is 2.86 bits per heavy atom. The van der Waals surface area contributed by atoms with Crippen LogP contribution in [0.4, 0.5) is 0 Å². The highest BCUT2D eigenvalue weighted by Crippen LogP contribution is 2.05. The normalized spacial score (nSPS) is 10.5. The fraction of sp³-hybridized carbons (Fsp3) is 0.400. The van der Waals surface area contributed by atoms with Gasteiger partial charge in [0.15, 0.2) is 0 Å². The fourth-order valence-corrected chi connectivity index (χ4v) is 2.63. The Labute approximate surface area is 133 Å². The first-order valence-electron chi connectivity index (χ1n) is 7.03. The average Bonchev–Trinajstić information content (AvgIpc) is 3.09. The van der Waals surface area contributed by atoms with Gasteiger partial charge in [0.1, 0.15) is 6.61 Å². The smallest absolute Gasteiger partial charge is 0.307 e. The zero-order valence-corrected chi connectivity index (χ0v) is 13.5. The SMILES string of the molecule is Cc1cc(C)n(CCOC(=O)CCNC(=O)c2ccsc2)n1. The minimum Gasteiger partial charge on any atom is -0.464 e. The molecule has 2 heterocycles. The van der Waals surface area contributed by atoms with Crippen LogP contribution in [0.25, 0.3) is 0 Å². The lowest BCUT2D eigenvalue weighted by Gasteiger charge is -2.07. The molecule has 1 N–H and O–H groups in total. The zero-order valence-electron chi connectivity index (χ0n) is 12.7. The number of carbonyl (C=O) groups is 2. The fourth-order valence-electron chi connectivity index (χ4n) is 1.99. The molecule has 7 heteroatoms. The Hall–Kier alpha value is -2.15. The van der Waals surface area contributed by atoms with Gasteiger partial charge in [-0.25, -0.2) is 0 Å². The molecule has 0 unspecified atom stereocenters. The van der Waals surface area contributed by atoms with Crippen LogP contribution in [0, 0.1) is 13.8 Å². The number of hydrogen-bond acceptors (Lipinski definition) is 5. The predicted octanol–water partition coefficient (Wildman–Crippen LogP) is 1.92. The Morgan fingerprint density at radius 2 is 2.23 bits per heavy atom. The molecule has 1 amide bonds. The number of nitrogens with one attached hydrogen (secondary N) is 1. The molecule has 0 aliphatic carbocycles. The molecule has 0 radical (unpaired) electrons. The number of carbonyl (C=O) groups excluding carboxylic acids is 2. The third-order valence-corrected chi connectivity index (χ3v) is 3.75. The first-order valence-corrected chi connectivity index (χ1v) is 7.97. The topological polar surface area (TPSA) is 73.2 Å². The van der Waals surface area contributed by atoms with E-state index in [-0.39, 0.29) is 31.4 Å². The van der Waals surface area contributed by atoms with Gasteiger partial charge in [-0.05, 0) is 31.4 Å². The van der Waals surface area contributed by atoms with E-state index < -0.39 is 0 Å². The van der Waals surface area contributed by atoms with Crippen LogP contribution >= 0.6 is 11.3 Å². The molecule has 2 aromatic rings. The summed E-state index contributed by atoms with van der Waals surface area (Å²) in [4.78, 5) is 23.2. The number of aromatic nitrogens is 2. The molecular formula is C15H19N3O3S. The van der Waals surface area contributed by atoms with Crippen molar-refractivity contribution in [3.05, 3.63) is 39.8 Å². The molecule has 6 nitrogen and oxygen atoms in total. The second-order valence-corrected chi connectivity index (χ2v) is 5.67. The van der Waals surface area contributed by atoms with Crippen LogP contribution in [0.1, 0.15) is 28.2 Å².